The third kappa shape index (κ3) is 5.95. The number of anilines is 1. The maximum absolute atomic E-state index is 13.1. The lowest BCUT2D eigenvalue weighted by atomic mass is 10.2. The Kier molecular flexibility index (Phi) is 7.07. The Bertz CT molecular complexity index is 1050. The second-order valence-corrected chi connectivity index (χ2v) is 8.71. The predicted octanol–water partition coefficient (Wildman–Crippen LogP) is 4.89. The summed E-state index contributed by atoms with van der Waals surface area (Å²) in [4.78, 5) is 4.50. The molecule has 1 aromatic heterocycles. The molecule has 1 N–H and O–H groups in total. The van der Waals surface area contributed by atoms with Crippen LogP contribution < -0.4 is 5.32 Å². The largest absolute Gasteiger partial charge is 0.346 e. The fraction of sp³-hybridized carbons (Fsp3) is 0.273. The molecule has 0 saturated carbocycles. The topological polar surface area (TPSA) is 36.3 Å². The van der Waals surface area contributed by atoms with Crippen molar-refractivity contribution in [1.29, 1.82) is 0 Å². The van der Waals surface area contributed by atoms with Crippen LogP contribution in [0.15, 0.2) is 54.9 Å². The maximum atomic E-state index is 13.1. The number of piperazine rings is 1. The van der Waals surface area contributed by atoms with Crippen LogP contribution in [0.4, 0.5) is 10.1 Å². The van der Waals surface area contributed by atoms with Gasteiger partial charge < -0.3 is 10.2 Å². The summed E-state index contributed by atoms with van der Waals surface area (Å²) in [5, 5.41) is 9.57. The van der Waals surface area contributed by atoms with Crippen molar-refractivity contribution in [3.8, 4) is 0 Å². The van der Waals surface area contributed by atoms with E-state index in [1.54, 1.807) is 16.9 Å². The highest BCUT2D eigenvalue weighted by Gasteiger charge is 2.19. The second kappa shape index (κ2) is 9.96. The summed E-state index contributed by atoms with van der Waals surface area (Å²) in [6.45, 7) is 4.82. The van der Waals surface area contributed by atoms with Crippen molar-refractivity contribution < 1.29 is 4.39 Å². The number of aromatic nitrogens is 2. The molecule has 4 rings (SSSR count). The average molecular weight is 478 g/mol. The molecule has 2 aromatic carbocycles. The van der Waals surface area contributed by atoms with Gasteiger partial charge >= 0.3 is 0 Å². The standard InChI is InChI=1S/C22H22Cl2FN5S/c23-18-4-3-17(21(24)11-18)14-30-15-20(12-26-30)27-22(31)29-9-7-28(8-10-29)13-16-1-5-19(25)6-2-16/h1-6,11-12,15H,7-10,13-14H2,(H,27,31). The van der Waals surface area contributed by atoms with Crippen LogP contribution in [-0.2, 0) is 13.1 Å². The van der Waals surface area contributed by atoms with Crippen LogP contribution in [-0.4, -0.2) is 50.9 Å². The van der Waals surface area contributed by atoms with Crippen LogP contribution in [0.2, 0.25) is 10.0 Å². The van der Waals surface area contributed by atoms with E-state index >= 15 is 0 Å². The van der Waals surface area contributed by atoms with Crippen LogP contribution in [0.5, 0.6) is 0 Å². The molecule has 5 nitrogen and oxygen atoms in total. The Hall–Kier alpha value is -2.19. The van der Waals surface area contributed by atoms with Crippen molar-refractivity contribution in [2.45, 2.75) is 13.1 Å². The smallest absolute Gasteiger partial charge is 0.173 e. The van der Waals surface area contributed by atoms with Gasteiger partial charge in [0.25, 0.3) is 0 Å². The van der Waals surface area contributed by atoms with Crippen molar-refractivity contribution in [2.24, 2.45) is 0 Å². The van der Waals surface area contributed by atoms with Gasteiger partial charge in [0.05, 0.1) is 18.4 Å². The Morgan fingerprint density at radius 1 is 1.03 bits per heavy atom. The number of nitrogens with one attached hydrogen (secondary N) is 1. The summed E-state index contributed by atoms with van der Waals surface area (Å²) in [6, 6.07) is 12.1. The molecule has 0 unspecified atom stereocenters. The number of rotatable bonds is 5. The Morgan fingerprint density at radius 3 is 2.48 bits per heavy atom. The van der Waals surface area contributed by atoms with Gasteiger partial charge in [-0.1, -0.05) is 41.4 Å². The first-order valence-electron chi connectivity index (χ1n) is 9.95. The molecule has 0 amide bonds. The van der Waals surface area contributed by atoms with Crippen LogP contribution in [0.1, 0.15) is 11.1 Å². The van der Waals surface area contributed by atoms with Crippen LogP contribution in [0.25, 0.3) is 0 Å². The molecule has 0 spiro atoms. The van der Waals surface area contributed by atoms with E-state index in [0.717, 1.165) is 49.5 Å². The van der Waals surface area contributed by atoms with Gasteiger partial charge in [0.15, 0.2) is 5.11 Å². The summed E-state index contributed by atoms with van der Waals surface area (Å²) >= 11 is 17.8. The van der Waals surface area contributed by atoms with E-state index in [0.29, 0.717) is 21.7 Å². The van der Waals surface area contributed by atoms with Crippen LogP contribution in [0.3, 0.4) is 0 Å². The van der Waals surface area contributed by atoms with E-state index in [4.69, 9.17) is 35.4 Å². The fourth-order valence-electron chi connectivity index (χ4n) is 3.50. The first-order chi connectivity index (χ1) is 15.0. The molecule has 3 aromatic rings. The number of thiocarbonyl (C=S) groups is 1. The summed E-state index contributed by atoms with van der Waals surface area (Å²) in [7, 11) is 0. The molecule has 1 saturated heterocycles. The minimum atomic E-state index is -0.204. The summed E-state index contributed by atoms with van der Waals surface area (Å²) in [5.74, 6) is -0.204. The van der Waals surface area contributed by atoms with Gasteiger partial charge in [0.2, 0.25) is 0 Å². The molecule has 162 valence electrons. The number of halogens is 3. The SMILES string of the molecule is Fc1ccc(CN2CCN(C(=S)Nc3cnn(Cc4ccc(Cl)cc4Cl)c3)CC2)cc1. The lowest BCUT2D eigenvalue weighted by Crippen LogP contribution is -2.49. The molecule has 0 radical (unpaired) electrons. The lowest BCUT2D eigenvalue weighted by Gasteiger charge is -2.36. The third-order valence-corrected chi connectivity index (χ3v) is 6.16. The van der Waals surface area contributed by atoms with Gasteiger partial charge in [-0.3, -0.25) is 9.58 Å². The molecule has 1 aliphatic rings. The van der Waals surface area contributed by atoms with Crippen molar-refractivity contribution in [1.82, 2.24) is 19.6 Å². The molecule has 31 heavy (non-hydrogen) atoms. The van der Waals surface area contributed by atoms with E-state index in [2.05, 4.69) is 20.2 Å². The van der Waals surface area contributed by atoms with Gasteiger partial charge in [0, 0.05) is 49.0 Å². The minimum Gasteiger partial charge on any atom is -0.346 e. The first-order valence-corrected chi connectivity index (χ1v) is 11.1. The molecule has 1 fully saturated rings. The lowest BCUT2D eigenvalue weighted by molar-refractivity contribution is 0.177. The van der Waals surface area contributed by atoms with Gasteiger partial charge in [-0.05, 0) is 47.6 Å². The summed E-state index contributed by atoms with van der Waals surface area (Å²) in [5.41, 5.74) is 2.90. The zero-order valence-electron chi connectivity index (χ0n) is 16.8. The second-order valence-electron chi connectivity index (χ2n) is 7.48. The van der Waals surface area contributed by atoms with Gasteiger partial charge in [0.1, 0.15) is 5.82 Å². The Labute approximate surface area is 196 Å². The monoisotopic (exact) mass is 477 g/mol. The Morgan fingerprint density at radius 2 is 1.77 bits per heavy atom. The molecule has 0 atom stereocenters. The molecule has 0 bridgehead atoms. The van der Waals surface area contributed by atoms with Gasteiger partial charge in [-0.15, -0.1) is 0 Å². The van der Waals surface area contributed by atoms with E-state index < -0.39 is 0 Å². The number of benzene rings is 2. The van der Waals surface area contributed by atoms with Crippen molar-refractivity contribution in [3.63, 3.8) is 0 Å². The molecule has 2 heterocycles. The van der Waals surface area contributed by atoms with E-state index in [1.807, 2.05) is 30.5 Å². The zero-order valence-corrected chi connectivity index (χ0v) is 19.1. The quantitative estimate of drug-likeness (QED) is 0.529. The maximum Gasteiger partial charge on any atom is 0.173 e. The third-order valence-electron chi connectivity index (χ3n) is 5.21. The summed E-state index contributed by atoms with van der Waals surface area (Å²) in [6.07, 6.45) is 3.66. The molecule has 9 heteroatoms. The van der Waals surface area contributed by atoms with E-state index in [1.165, 1.54) is 12.1 Å². The Balaban J connectivity index is 1.27. The number of nitrogens with zero attached hydrogens (tertiary/aromatic N) is 4. The van der Waals surface area contributed by atoms with Crippen LogP contribution >= 0.6 is 35.4 Å². The molecule has 1 aliphatic heterocycles. The molecule has 0 aliphatic carbocycles. The van der Waals surface area contributed by atoms with Crippen molar-refractivity contribution >= 4 is 46.2 Å². The molecular formula is C22H22Cl2FN5S. The average Bonchev–Trinajstić information content (AvgIpc) is 3.19. The normalized spacial score (nSPS) is 14.6. The van der Waals surface area contributed by atoms with E-state index in [-0.39, 0.29) is 5.82 Å². The first kappa shape index (κ1) is 22.0. The summed E-state index contributed by atoms with van der Waals surface area (Å²) < 4.78 is 14.9. The highest BCUT2D eigenvalue weighted by Crippen LogP contribution is 2.22. The highest BCUT2D eigenvalue weighted by atomic mass is 35.5. The van der Waals surface area contributed by atoms with Crippen LogP contribution in [0, 0.1) is 5.82 Å². The van der Waals surface area contributed by atoms with Gasteiger partial charge in [-0.25, -0.2) is 4.39 Å². The number of hydrogen-bond acceptors (Lipinski definition) is 3. The predicted molar refractivity (Wildman–Crippen MR) is 127 cm³/mol. The van der Waals surface area contributed by atoms with Crippen molar-refractivity contribution in [3.05, 3.63) is 81.8 Å². The fourth-order valence-corrected chi connectivity index (χ4v) is 4.27. The van der Waals surface area contributed by atoms with Crippen molar-refractivity contribution in [2.75, 3.05) is 31.5 Å². The number of hydrogen-bond donors (Lipinski definition) is 1. The minimum absolute atomic E-state index is 0.204. The molecular weight excluding hydrogens is 456 g/mol. The van der Waals surface area contributed by atoms with Gasteiger partial charge in [-0.2, -0.15) is 5.10 Å². The zero-order chi connectivity index (χ0) is 21.8. The van der Waals surface area contributed by atoms with E-state index in [9.17, 15) is 4.39 Å². The highest BCUT2D eigenvalue weighted by molar-refractivity contribution is 7.80.